The van der Waals surface area contributed by atoms with Crippen LogP contribution in [0.3, 0.4) is 0 Å². The summed E-state index contributed by atoms with van der Waals surface area (Å²) in [7, 11) is 1.61. The van der Waals surface area contributed by atoms with Crippen LogP contribution in [0.25, 0.3) is 11.4 Å². The minimum absolute atomic E-state index is 0.101. The van der Waals surface area contributed by atoms with Crippen LogP contribution in [0.15, 0.2) is 36.5 Å². The Hall–Kier alpha value is -2.62. The fraction of sp³-hybridized carbons (Fsp3) is 0.263. The molecule has 30 heavy (non-hydrogen) atoms. The highest BCUT2D eigenvalue weighted by Crippen LogP contribution is 2.22. The van der Waals surface area contributed by atoms with E-state index in [1.165, 1.54) is 6.20 Å². The van der Waals surface area contributed by atoms with Crippen molar-refractivity contribution in [2.75, 3.05) is 25.5 Å². The number of nitrogens with one attached hydrogen (secondary N) is 3. The fourth-order valence-corrected chi connectivity index (χ4v) is 3.39. The number of carbonyl (C=O) groups excluding carboxylic acids is 1. The standard InChI is InChI=1S/C19H20Cl2N6O2S/c1-29-14-4-2-12(3-5-14)18-25-26-19(30)27(18)9-6-16(28)22-7-8-23-17-15(21)10-13(20)11-24-17/h2-5,10-11H,6-9H2,1H3,(H,22,28)(H,23,24)(H,26,30). The van der Waals surface area contributed by atoms with Crippen LogP contribution in [-0.2, 0) is 11.3 Å². The number of aromatic amines is 1. The highest BCUT2D eigenvalue weighted by atomic mass is 35.5. The Bertz CT molecular complexity index is 1070. The maximum atomic E-state index is 12.2. The first kappa shape index (κ1) is 22.1. The van der Waals surface area contributed by atoms with Crippen molar-refractivity contribution in [2.45, 2.75) is 13.0 Å². The molecule has 158 valence electrons. The smallest absolute Gasteiger partial charge is 0.221 e. The predicted molar refractivity (Wildman–Crippen MR) is 120 cm³/mol. The highest BCUT2D eigenvalue weighted by Gasteiger charge is 2.11. The summed E-state index contributed by atoms with van der Waals surface area (Å²) in [5, 5.41) is 13.8. The number of amides is 1. The van der Waals surface area contributed by atoms with Gasteiger partial charge in [-0.15, -0.1) is 0 Å². The summed E-state index contributed by atoms with van der Waals surface area (Å²) in [5.74, 6) is 1.84. The Labute approximate surface area is 188 Å². The molecule has 0 atom stereocenters. The number of H-pyrrole nitrogens is 1. The van der Waals surface area contributed by atoms with Crippen LogP contribution in [0, 0.1) is 4.77 Å². The molecule has 0 spiro atoms. The summed E-state index contributed by atoms with van der Waals surface area (Å²) >= 11 is 17.2. The minimum Gasteiger partial charge on any atom is -0.497 e. The number of nitrogens with zero attached hydrogens (tertiary/aromatic N) is 3. The van der Waals surface area contributed by atoms with Crippen molar-refractivity contribution in [2.24, 2.45) is 0 Å². The van der Waals surface area contributed by atoms with E-state index in [1.54, 1.807) is 17.7 Å². The van der Waals surface area contributed by atoms with Gasteiger partial charge in [0, 0.05) is 37.8 Å². The molecule has 8 nitrogen and oxygen atoms in total. The lowest BCUT2D eigenvalue weighted by Gasteiger charge is -2.10. The maximum absolute atomic E-state index is 12.2. The molecule has 1 amide bonds. The number of aromatic nitrogens is 4. The number of carbonyl (C=O) groups is 1. The van der Waals surface area contributed by atoms with Gasteiger partial charge in [0.15, 0.2) is 10.6 Å². The summed E-state index contributed by atoms with van der Waals surface area (Å²) in [4.78, 5) is 16.3. The Morgan fingerprint density at radius 3 is 2.73 bits per heavy atom. The van der Waals surface area contributed by atoms with Crippen LogP contribution in [0.1, 0.15) is 6.42 Å². The Balaban J connectivity index is 1.50. The molecule has 2 heterocycles. The monoisotopic (exact) mass is 466 g/mol. The molecule has 0 unspecified atom stereocenters. The van der Waals surface area contributed by atoms with E-state index >= 15 is 0 Å². The Morgan fingerprint density at radius 2 is 2.03 bits per heavy atom. The molecule has 1 aromatic carbocycles. The molecule has 0 aliphatic rings. The maximum Gasteiger partial charge on any atom is 0.221 e. The van der Waals surface area contributed by atoms with Crippen molar-refractivity contribution >= 4 is 47.1 Å². The molecule has 2 aromatic heterocycles. The molecule has 3 aromatic rings. The van der Waals surface area contributed by atoms with Crippen molar-refractivity contribution in [3.8, 4) is 17.1 Å². The van der Waals surface area contributed by atoms with Gasteiger partial charge in [-0.25, -0.2) is 4.98 Å². The topological polar surface area (TPSA) is 96.9 Å². The summed E-state index contributed by atoms with van der Waals surface area (Å²) in [6.07, 6.45) is 1.76. The first-order valence-electron chi connectivity index (χ1n) is 9.09. The lowest BCUT2D eigenvalue weighted by atomic mass is 10.2. The summed E-state index contributed by atoms with van der Waals surface area (Å²) in [6, 6.07) is 9.08. The number of ether oxygens (including phenoxy) is 1. The molecule has 0 saturated heterocycles. The van der Waals surface area contributed by atoms with Crippen molar-refractivity contribution in [3.63, 3.8) is 0 Å². The predicted octanol–water partition coefficient (Wildman–Crippen LogP) is 3.94. The van der Waals surface area contributed by atoms with Gasteiger partial charge in [0.25, 0.3) is 0 Å². The molecule has 0 radical (unpaired) electrons. The summed E-state index contributed by atoms with van der Waals surface area (Å²) in [5.41, 5.74) is 0.875. The SMILES string of the molecule is COc1ccc(-c2n[nH]c(=S)n2CCC(=O)NCCNc2ncc(Cl)cc2Cl)cc1. The molecule has 3 N–H and O–H groups in total. The van der Waals surface area contributed by atoms with Gasteiger partial charge in [0.2, 0.25) is 5.91 Å². The van der Waals surface area contributed by atoms with Gasteiger partial charge in [-0.05, 0) is 42.5 Å². The molecule has 0 fully saturated rings. The number of pyridine rings is 1. The number of anilines is 1. The van der Waals surface area contributed by atoms with E-state index in [0.717, 1.165) is 11.3 Å². The third kappa shape index (κ3) is 5.71. The third-order valence-corrected chi connectivity index (χ3v) is 5.02. The zero-order valence-electron chi connectivity index (χ0n) is 16.1. The van der Waals surface area contributed by atoms with Gasteiger partial charge in [0.1, 0.15) is 11.6 Å². The van der Waals surface area contributed by atoms with E-state index in [1.807, 2.05) is 24.3 Å². The number of methoxy groups -OCH3 is 1. The van der Waals surface area contributed by atoms with Crippen molar-refractivity contribution < 1.29 is 9.53 Å². The number of hydrogen-bond donors (Lipinski definition) is 3. The van der Waals surface area contributed by atoms with Gasteiger partial charge >= 0.3 is 0 Å². The molecule has 0 saturated carbocycles. The number of rotatable bonds is 9. The molecule has 11 heteroatoms. The fourth-order valence-electron chi connectivity index (χ4n) is 2.71. The zero-order valence-corrected chi connectivity index (χ0v) is 18.4. The first-order valence-corrected chi connectivity index (χ1v) is 10.3. The van der Waals surface area contributed by atoms with Crippen molar-refractivity contribution in [1.82, 2.24) is 25.1 Å². The highest BCUT2D eigenvalue weighted by molar-refractivity contribution is 7.71. The van der Waals surface area contributed by atoms with E-state index in [-0.39, 0.29) is 12.3 Å². The van der Waals surface area contributed by atoms with Crippen LogP contribution < -0.4 is 15.4 Å². The van der Waals surface area contributed by atoms with E-state index in [2.05, 4.69) is 25.8 Å². The van der Waals surface area contributed by atoms with Crippen LogP contribution in [0.4, 0.5) is 5.82 Å². The van der Waals surface area contributed by atoms with Gasteiger partial charge in [-0.2, -0.15) is 5.10 Å². The number of hydrogen-bond acceptors (Lipinski definition) is 6. The van der Waals surface area contributed by atoms with Gasteiger partial charge in [0.05, 0.1) is 17.2 Å². The average molecular weight is 467 g/mol. The third-order valence-electron chi connectivity index (χ3n) is 4.22. The molecule has 0 aliphatic carbocycles. The van der Waals surface area contributed by atoms with E-state index in [0.29, 0.717) is 46.1 Å². The van der Waals surface area contributed by atoms with E-state index in [9.17, 15) is 4.79 Å². The second-order valence-corrected chi connectivity index (χ2v) is 7.47. The van der Waals surface area contributed by atoms with Crippen LogP contribution in [0.5, 0.6) is 5.75 Å². The molecule has 0 aliphatic heterocycles. The second-order valence-electron chi connectivity index (χ2n) is 6.24. The van der Waals surface area contributed by atoms with Gasteiger partial charge < -0.3 is 15.4 Å². The zero-order chi connectivity index (χ0) is 21.5. The largest absolute Gasteiger partial charge is 0.497 e. The first-order chi connectivity index (χ1) is 14.5. The lowest BCUT2D eigenvalue weighted by Crippen LogP contribution is -2.29. The van der Waals surface area contributed by atoms with Gasteiger partial charge in [-0.1, -0.05) is 23.2 Å². The van der Waals surface area contributed by atoms with E-state index in [4.69, 9.17) is 40.2 Å². The molecular formula is C19H20Cl2N6O2S. The number of halogens is 2. The lowest BCUT2D eigenvalue weighted by molar-refractivity contribution is -0.121. The van der Waals surface area contributed by atoms with Crippen LogP contribution >= 0.6 is 35.4 Å². The average Bonchev–Trinajstić information content (AvgIpc) is 3.11. The Kier molecular flexibility index (Phi) is 7.67. The summed E-state index contributed by atoms with van der Waals surface area (Å²) < 4.78 is 7.43. The van der Waals surface area contributed by atoms with Crippen LogP contribution in [-0.4, -0.2) is 45.9 Å². The number of benzene rings is 1. The van der Waals surface area contributed by atoms with E-state index < -0.39 is 0 Å². The minimum atomic E-state index is -0.101. The van der Waals surface area contributed by atoms with Crippen molar-refractivity contribution in [3.05, 3.63) is 51.3 Å². The van der Waals surface area contributed by atoms with Crippen LogP contribution in [0.2, 0.25) is 10.0 Å². The quantitative estimate of drug-likeness (QED) is 0.326. The van der Waals surface area contributed by atoms with Gasteiger partial charge in [-0.3, -0.25) is 14.5 Å². The molecular weight excluding hydrogens is 447 g/mol. The Morgan fingerprint density at radius 1 is 1.27 bits per heavy atom. The molecule has 3 rings (SSSR count). The summed E-state index contributed by atoms with van der Waals surface area (Å²) in [6.45, 7) is 1.30. The molecule has 0 bridgehead atoms. The normalized spacial score (nSPS) is 10.6. The second kappa shape index (κ2) is 10.4. The van der Waals surface area contributed by atoms with Crippen molar-refractivity contribution in [1.29, 1.82) is 0 Å².